The molecule has 0 aliphatic heterocycles. The summed E-state index contributed by atoms with van der Waals surface area (Å²) in [6, 6.07) is 5.53. The molecular weight excluding hydrogens is 184 g/mol. The first kappa shape index (κ1) is 10.3. The highest BCUT2D eigenvalue weighted by molar-refractivity contribution is 5.51. The zero-order chi connectivity index (χ0) is 10.6. The van der Waals surface area contributed by atoms with Gasteiger partial charge in [0.05, 0.1) is 4.92 Å². The van der Waals surface area contributed by atoms with Crippen molar-refractivity contribution >= 4 is 12.0 Å². The second-order valence-electron chi connectivity index (χ2n) is 2.86. The summed E-state index contributed by atoms with van der Waals surface area (Å²) in [4.78, 5) is 20.1. The van der Waals surface area contributed by atoms with Gasteiger partial charge in [0, 0.05) is 24.6 Å². The van der Waals surface area contributed by atoms with Crippen LogP contribution in [0.5, 0.6) is 0 Å². The van der Waals surface area contributed by atoms with Gasteiger partial charge in [-0.25, -0.2) is 0 Å². The summed E-state index contributed by atoms with van der Waals surface area (Å²) in [5.41, 5.74) is 6.21. The molecule has 1 aromatic rings. The van der Waals surface area contributed by atoms with Gasteiger partial charge in [-0.05, 0) is 5.56 Å². The summed E-state index contributed by atoms with van der Waals surface area (Å²) >= 11 is 0. The number of hydrogen-bond acceptors (Lipinski definition) is 4. The summed E-state index contributed by atoms with van der Waals surface area (Å²) in [6.45, 7) is 0. The van der Waals surface area contributed by atoms with E-state index in [0.29, 0.717) is 11.8 Å². The zero-order valence-electron chi connectivity index (χ0n) is 7.42. The van der Waals surface area contributed by atoms with Crippen molar-refractivity contribution in [2.24, 2.45) is 5.73 Å². The van der Waals surface area contributed by atoms with Crippen molar-refractivity contribution in [2.45, 2.75) is 12.5 Å². The minimum Gasteiger partial charge on any atom is -0.324 e. The summed E-state index contributed by atoms with van der Waals surface area (Å²) < 4.78 is 0. The molecule has 0 saturated heterocycles. The lowest BCUT2D eigenvalue weighted by Crippen LogP contribution is -2.10. The molecule has 0 aliphatic rings. The van der Waals surface area contributed by atoms with E-state index in [-0.39, 0.29) is 12.1 Å². The second-order valence-corrected chi connectivity index (χ2v) is 2.86. The SMILES string of the molecule is NC(CC=O)c1cccc([N+](=O)[O-])c1. The number of hydrogen-bond donors (Lipinski definition) is 1. The van der Waals surface area contributed by atoms with E-state index in [0.717, 1.165) is 0 Å². The van der Waals surface area contributed by atoms with Gasteiger partial charge in [-0.2, -0.15) is 0 Å². The topological polar surface area (TPSA) is 86.2 Å². The number of nitro groups is 1. The first-order chi connectivity index (χ1) is 6.65. The van der Waals surface area contributed by atoms with Crippen molar-refractivity contribution in [3.63, 3.8) is 0 Å². The maximum absolute atomic E-state index is 10.4. The van der Waals surface area contributed by atoms with E-state index in [1.165, 1.54) is 12.1 Å². The molecule has 5 heteroatoms. The van der Waals surface area contributed by atoms with Crippen molar-refractivity contribution in [1.29, 1.82) is 0 Å². The highest BCUT2D eigenvalue weighted by Crippen LogP contribution is 2.18. The lowest BCUT2D eigenvalue weighted by Gasteiger charge is -2.07. The number of aldehydes is 1. The Bertz CT molecular complexity index is 352. The van der Waals surface area contributed by atoms with Crippen molar-refractivity contribution in [2.75, 3.05) is 0 Å². The van der Waals surface area contributed by atoms with Gasteiger partial charge in [-0.3, -0.25) is 10.1 Å². The number of nitrogens with two attached hydrogens (primary N) is 1. The Morgan fingerprint density at radius 1 is 1.57 bits per heavy atom. The molecule has 0 aromatic heterocycles. The van der Waals surface area contributed by atoms with Gasteiger partial charge < -0.3 is 10.5 Å². The normalized spacial score (nSPS) is 12.1. The monoisotopic (exact) mass is 194 g/mol. The molecule has 0 fully saturated rings. The number of benzene rings is 1. The van der Waals surface area contributed by atoms with Gasteiger partial charge in [0.15, 0.2) is 0 Å². The van der Waals surface area contributed by atoms with Crippen LogP contribution >= 0.6 is 0 Å². The largest absolute Gasteiger partial charge is 0.324 e. The van der Waals surface area contributed by atoms with Crippen LogP contribution in [0, 0.1) is 10.1 Å². The van der Waals surface area contributed by atoms with Crippen LogP contribution in [0.15, 0.2) is 24.3 Å². The molecule has 0 amide bonds. The highest BCUT2D eigenvalue weighted by atomic mass is 16.6. The fourth-order valence-electron chi connectivity index (χ4n) is 1.11. The molecule has 0 heterocycles. The van der Waals surface area contributed by atoms with Crippen molar-refractivity contribution < 1.29 is 9.72 Å². The molecule has 0 spiro atoms. The molecule has 1 atom stereocenters. The van der Waals surface area contributed by atoms with E-state index < -0.39 is 11.0 Å². The third-order valence-corrected chi connectivity index (χ3v) is 1.86. The Kier molecular flexibility index (Phi) is 3.30. The molecule has 0 bridgehead atoms. The van der Waals surface area contributed by atoms with Crippen LogP contribution in [0.25, 0.3) is 0 Å². The van der Waals surface area contributed by atoms with Crippen LogP contribution < -0.4 is 5.73 Å². The Labute approximate surface area is 80.7 Å². The number of carbonyl (C=O) groups is 1. The summed E-state index contributed by atoms with van der Waals surface area (Å²) in [7, 11) is 0. The lowest BCUT2D eigenvalue weighted by atomic mass is 10.1. The number of carbonyl (C=O) groups excluding carboxylic acids is 1. The van der Waals surface area contributed by atoms with Gasteiger partial charge in [-0.1, -0.05) is 12.1 Å². The van der Waals surface area contributed by atoms with Crippen LogP contribution in [0.2, 0.25) is 0 Å². The van der Waals surface area contributed by atoms with Crippen molar-refractivity contribution in [3.05, 3.63) is 39.9 Å². The minimum absolute atomic E-state index is 0.0103. The van der Waals surface area contributed by atoms with E-state index in [1.54, 1.807) is 12.1 Å². The average Bonchev–Trinajstić information content (AvgIpc) is 2.18. The number of rotatable bonds is 4. The van der Waals surface area contributed by atoms with E-state index in [9.17, 15) is 14.9 Å². The first-order valence-electron chi connectivity index (χ1n) is 4.08. The van der Waals surface area contributed by atoms with Crippen LogP contribution in [-0.2, 0) is 4.79 Å². The molecule has 1 aromatic carbocycles. The molecule has 0 saturated carbocycles. The molecule has 0 radical (unpaired) electrons. The summed E-state index contributed by atoms with van der Waals surface area (Å²) in [5.74, 6) is 0. The Morgan fingerprint density at radius 3 is 2.86 bits per heavy atom. The third kappa shape index (κ3) is 2.37. The summed E-state index contributed by atoms with van der Waals surface area (Å²) in [5, 5.41) is 10.4. The molecule has 1 unspecified atom stereocenters. The number of nitrogens with zero attached hydrogens (tertiary/aromatic N) is 1. The van der Waals surface area contributed by atoms with Crippen molar-refractivity contribution in [1.82, 2.24) is 0 Å². The van der Waals surface area contributed by atoms with Gasteiger partial charge in [0.1, 0.15) is 6.29 Å². The van der Waals surface area contributed by atoms with E-state index >= 15 is 0 Å². The lowest BCUT2D eigenvalue weighted by molar-refractivity contribution is -0.384. The minimum atomic E-state index is -0.489. The van der Waals surface area contributed by atoms with Crippen LogP contribution in [0.1, 0.15) is 18.0 Å². The molecular formula is C9H10N2O3. The van der Waals surface area contributed by atoms with Crippen molar-refractivity contribution in [3.8, 4) is 0 Å². The Morgan fingerprint density at radius 2 is 2.29 bits per heavy atom. The van der Waals surface area contributed by atoms with Gasteiger partial charge >= 0.3 is 0 Å². The number of nitro benzene ring substituents is 1. The predicted octanol–water partition coefficient (Wildman–Crippen LogP) is 1.18. The van der Waals surface area contributed by atoms with E-state index in [4.69, 9.17) is 5.73 Å². The molecule has 14 heavy (non-hydrogen) atoms. The first-order valence-corrected chi connectivity index (χ1v) is 4.08. The molecule has 2 N–H and O–H groups in total. The Balaban J connectivity index is 2.93. The van der Waals surface area contributed by atoms with E-state index in [2.05, 4.69) is 0 Å². The zero-order valence-corrected chi connectivity index (χ0v) is 7.42. The van der Waals surface area contributed by atoms with Gasteiger partial charge in [0.2, 0.25) is 0 Å². The van der Waals surface area contributed by atoms with E-state index in [1.807, 2.05) is 0 Å². The maximum atomic E-state index is 10.4. The Hall–Kier alpha value is -1.75. The maximum Gasteiger partial charge on any atom is 0.269 e. The molecule has 5 nitrogen and oxygen atoms in total. The molecule has 1 rings (SSSR count). The number of non-ortho nitro benzene ring substituents is 1. The van der Waals surface area contributed by atoms with Crippen LogP contribution in [-0.4, -0.2) is 11.2 Å². The summed E-state index contributed by atoms with van der Waals surface area (Å²) in [6.07, 6.45) is 0.866. The van der Waals surface area contributed by atoms with Gasteiger partial charge in [0.25, 0.3) is 5.69 Å². The smallest absolute Gasteiger partial charge is 0.269 e. The second kappa shape index (κ2) is 4.48. The third-order valence-electron chi connectivity index (χ3n) is 1.86. The average molecular weight is 194 g/mol. The quantitative estimate of drug-likeness (QED) is 0.443. The fourth-order valence-corrected chi connectivity index (χ4v) is 1.11. The van der Waals surface area contributed by atoms with Gasteiger partial charge in [-0.15, -0.1) is 0 Å². The fraction of sp³-hybridized carbons (Fsp3) is 0.222. The standard InChI is InChI=1S/C9H10N2O3/c10-9(4-5-12)7-2-1-3-8(6-7)11(13)14/h1-3,5-6,9H,4,10H2. The highest BCUT2D eigenvalue weighted by Gasteiger charge is 2.10. The molecule has 74 valence electrons. The molecule has 0 aliphatic carbocycles. The predicted molar refractivity (Wildman–Crippen MR) is 50.7 cm³/mol. The van der Waals surface area contributed by atoms with Crippen LogP contribution in [0.4, 0.5) is 5.69 Å². The van der Waals surface area contributed by atoms with Crippen LogP contribution in [0.3, 0.4) is 0 Å².